The summed E-state index contributed by atoms with van der Waals surface area (Å²) in [5.74, 6) is -0.197. The molecule has 0 aromatic rings. The quantitative estimate of drug-likeness (QED) is 0.206. The molecule has 1 unspecified atom stereocenters. The second-order valence-electron chi connectivity index (χ2n) is 6.58. The summed E-state index contributed by atoms with van der Waals surface area (Å²) in [7, 11) is 0. The van der Waals surface area contributed by atoms with Crippen LogP contribution in [0.25, 0.3) is 0 Å². The van der Waals surface area contributed by atoms with Gasteiger partial charge in [-0.15, -0.1) is 0 Å². The van der Waals surface area contributed by atoms with Crippen molar-refractivity contribution in [2.75, 3.05) is 13.2 Å². The highest BCUT2D eigenvalue weighted by Crippen LogP contribution is 2.13. The summed E-state index contributed by atoms with van der Waals surface area (Å²) >= 11 is 0. The summed E-state index contributed by atoms with van der Waals surface area (Å²) in [5, 5.41) is 0. The predicted molar refractivity (Wildman–Crippen MR) is 102 cm³/mol. The van der Waals surface area contributed by atoms with Gasteiger partial charge in [-0.25, -0.2) is 0 Å². The Bertz CT molecular complexity index is 363. The number of rotatable bonds is 16. The van der Waals surface area contributed by atoms with Gasteiger partial charge in [0.1, 0.15) is 0 Å². The lowest BCUT2D eigenvalue weighted by Gasteiger charge is -2.14. The molecule has 0 N–H and O–H groups in total. The molecule has 0 radical (unpaired) electrons. The molecule has 0 spiro atoms. The van der Waals surface area contributed by atoms with E-state index in [1.165, 1.54) is 19.3 Å². The van der Waals surface area contributed by atoms with E-state index >= 15 is 0 Å². The molecule has 0 aliphatic rings. The smallest absolute Gasteiger partial charge is 0.306 e. The second-order valence-corrected chi connectivity index (χ2v) is 6.58. The number of hydrogen-bond donors (Lipinski definition) is 0. The van der Waals surface area contributed by atoms with Gasteiger partial charge in [-0.2, -0.15) is 0 Å². The van der Waals surface area contributed by atoms with Crippen LogP contribution in [0.15, 0.2) is 12.2 Å². The first-order valence-corrected chi connectivity index (χ1v) is 10.1. The highest BCUT2D eigenvalue weighted by Gasteiger charge is 2.12. The van der Waals surface area contributed by atoms with Crippen molar-refractivity contribution in [1.82, 2.24) is 0 Å². The molecular weight excluding hydrogens is 316 g/mol. The number of carbonyl (C=O) groups excluding carboxylic acids is 2. The van der Waals surface area contributed by atoms with E-state index in [1.54, 1.807) is 0 Å². The van der Waals surface area contributed by atoms with Crippen LogP contribution in [-0.2, 0) is 19.1 Å². The molecule has 0 saturated heterocycles. The largest absolute Gasteiger partial charge is 0.465 e. The van der Waals surface area contributed by atoms with E-state index in [9.17, 15) is 9.59 Å². The molecule has 0 aromatic heterocycles. The normalized spacial score (nSPS) is 12.3. The van der Waals surface area contributed by atoms with E-state index in [4.69, 9.17) is 9.47 Å². The molecule has 0 aliphatic heterocycles. The molecule has 0 rings (SSSR count). The Morgan fingerprint density at radius 1 is 0.840 bits per heavy atom. The van der Waals surface area contributed by atoms with Crippen molar-refractivity contribution in [3.63, 3.8) is 0 Å². The Hall–Kier alpha value is -1.32. The lowest BCUT2D eigenvalue weighted by molar-refractivity contribution is -0.151. The van der Waals surface area contributed by atoms with Crippen LogP contribution < -0.4 is 0 Å². The molecule has 0 heterocycles. The molecule has 4 nitrogen and oxygen atoms in total. The zero-order chi connectivity index (χ0) is 18.8. The zero-order valence-electron chi connectivity index (χ0n) is 16.6. The minimum absolute atomic E-state index is 0.102. The second kappa shape index (κ2) is 17.5. The van der Waals surface area contributed by atoms with E-state index in [0.29, 0.717) is 19.1 Å². The van der Waals surface area contributed by atoms with Gasteiger partial charge in [0, 0.05) is 0 Å². The van der Waals surface area contributed by atoms with Crippen molar-refractivity contribution in [2.24, 2.45) is 5.92 Å². The van der Waals surface area contributed by atoms with Crippen LogP contribution in [-0.4, -0.2) is 25.2 Å². The third-order valence-electron chi connectivity index (χ3n) is 4.25. The minimum Gasteiger partial charge on any atom is -0.465 e. The summed E-state index contributed by atoms with van der Waals surface area (Å²) in [5.41, 5.74) is 0. The van der Waals surface area contributed by atoms with Gasteiger partial charge in [0.05, 0.1) is 26.1 Å². The topological polar surface area (TPSA) is 52.6 Å². The van der Waals surface area contributed by atoms with Crippen LogP contribution in [0.1, 0.15) is 91.4 Å². The Balaban J connectivity index is 3.65. The fraction of sp³-hybridized carbons (Fsp3) is 0.810. The average Bonchev–Trinajstić information content (AvgIpc) is 2.62. The first-order chi connectivity index (χ1) is 12.1. The zero-order valence-corrected chi connectivity index (χ0v) is 16.6. The standard InChI is InChI=1S/C21H38O4/c1-4-7-9-10-11-12-13-17-24-20(22)15-16-21(23)25-18-19(6-3)14-8-5-2/h11-12,19H,4-10,13-18H2,1-3H3/b12-11+. The summed E-state index contributed by atoms with van der Waals surface area (Å²) in [4.78, 5) is 23.3. The predicted octanol–water partition coefficient (Wildman–Crippen LogP) is 5.60. The van der Waals surface area contributed by atoms with Crippen LogP contribution in [0, 0.1) is 5.92 Å². The third kappa shape index (κ3) is 15.9. The molecule has 0 amide bonds. The molecular formula is C21H38O4. The van der Waals surface area contributed by atoms with Gasteiger partial charge >= 0.3 is 11.9 Å². The van der Waals surface area contributed by atoms with Crippen LogP contribution in [0.5, 0.6) is 0 Å². The van der Waals surface area contributed by atoms with Gasteiger partial charge in [0.25, 0.3) is 0 Å². The van der Waals surface area contributed by atoms with Gasteiger partial charge < -0.3 is 9.47 Å². The van der Waals surface area contributed by atoms with Crippen molar-refractivity contribution < 1.29 is 19.1 Å². The molecule has 0 aliphatic carbocycles. The molecule has 4 heteroatoms. The average molecular weight is 355 g/mol. The van der Waals surface area contributed by atoms with Crippen LogP contribution >= 0.6 is 0 Å². The lowest BCUT2D eigenvalue weighted by atomic mass is 10.0. The molecule has 0 saturated carbocycles. The fourth-order valence-electron chi connectivity index (χ4n) is 2.45. The fourth-order valence-corrected chi connectivity index (χ4v) is 2.45. The number of unbranched alkanes of at least 4 members (excludes halogenated alkanes) is 4. The first-order valence-electron chi connectivity index (χ1n) is 10.1. The van der Waals surface area contributed by atoms with E-state index in [2.05, 4.69) is 32.9 Å². The van der Waals surface area contributed by atoms with E-state index < -0.39 is 0 Å². The SMILES string of the molecule is CCCCC/C=C/CCOC(=O)CCC(=O)OCC(CC)CCCC. The van der Waals surface area contributed by atoms with Gasteiger partial charge in [-0.3, -0.25) is 9.59 Å². The van der Waals surface area contributed by atoms with Crippen molar-refractivity contribution in [3.8, 4) is 0 Å². The molecule has 0 fully saturated rings. The van der Waals surface area contributed by atoms with E-state index in [0.717, 1.165) is 38.5 Å². The summed E-state index contributed by atoms with van der Waals surface area (Å²) in [6.45, 7) is 7.31. The summed E-state index contributed by atoms with van der Waals surface area (Å²) in [6, 6.07) is 0. The van der Waals surface area contributed by atoms with Crippen molar-refractivity contribution in [2.45, 2.75) is 91.4 Å². The maximum absolute atomic E-state index is 11.7. The number of hydrogen-bond acceptors (Lipinski definition) is 4. The monoisotopic (exact) mass is 354 g/mol. The maximum atomic E-state index is 11.7. The Morgan fingerprint density at radius 2 is 1.48 bits per heavy atom. The number of ether oxygens (including phenoxy) is 2. The molecule has 0 bridgehead atoms. The molecule has 0 aromatic carbocycles. The van der Waals surface area contributed by atoms with Gasteiger partial charge in [0.2, 0.25) is 0 Å². The van der Waals surface area contributed by atoms with Gasteiger partial charge in [-0.1, -0.05) is 65.0 Å². The third-order valence-corrected chi connectivity index (χ3v) is 4.25. The number of esters is 2. The molecule has 1 atom stereocenters. The summed E-state index contributed by atoms with van der Waals surface area (Å²) in [6.07, 6.45) is 14.4. The van der Waals surface area contributed by atoms with E-state index in [1.807, 2.05) is 0 Å². The van der Waals surface area contributed by atoms with Crippen molar-refractivity contribution in [3.05, 3.63) is 12.2 Å². The van der Waals surface area contributed by atoms with Crippen molar-refractivity contribution >= 4 is 11.9 Å². The van der Waals surface area contributed by atoms with Crippen molar-refractivity contribution in [1.29, 1.82) is 0 Å². The Morgan fingerprint density at radius 3 is 2.12 bits per heavy atom. The lowest BCUT2D eigenvalue weighted by Crippen LogP contribution is -2.15. The number of allylic oxidation sites excluding steroid dienone is 1. The van der Waals surface area contributed by atoms with Crippen LogP contribution in [0.2, 0.25) is 0 Å². The Kier molecular flexibility index (Phi) is 16.6. The van der Waals surface area contributed by atoms with E-state index in [-0.39, 0.29) is 24.8 Å². The first kappa shape index (κ1) is 23.7. The van der Waals surface area contributed by atoms with Crippen LogP contribution in [0.4, 0.5) is 0 Å². The summed E-state index contributed by atoms with van der Waals surface area (Å²) < 4.78 is 10.4. The van der Waals surface area contributed by atoms with Gasteiger partial charge in [0.15, 0.2) is 0 Å². The molecule has 25 heavy (non-hydrogen) atoms. The highest BCUT2D eigenvalue weighted by atomic mass is 16.5. The van der Waals surface area contributed by atoms with Crippen LogP contribution in [0.3, 0.4) is 0 Å². The highest BCUT2D eigenvalue weighted by molar-refractivity contribution is 5.77. The molecule has 146 valence electrons. The minimum atomic E-state index is -0.325. The Labute approximate surface area is 154 Å². The number of carbonyl (C=O) groups is 2. The maximum Gasteiger partial charge on any atom is 0.306 e. The van der Waals surface area contributed by atoms with Gasteiger partial charge in [-0.05, 0) is 31.6 Å².